The van der Waals surface area contributed by atoms with Crippen LogP contribution in [-0.2, 0) is 0 Å². The molecule has 22 heavy (non-hydrogen) atoms. The fourth-order valence-electron chi connectivity index (χ4n) is 5.32. The van der Waals surface area contributed by atoms with Gasteiger partial charge in [0.05, 0.1) is 12.2 Å². The van der Waals surface area contributed by atoms with Gasteiger partial charge < -0.3 is 10.2 Å². The summed E-state index contributed by atoms with van der Waals surface area (Å²) in [7, 11) is 0. The molecule has 0 aromatic heterocycles. The van der Waals surface area contributed by atoms with Gasteiger partial charge in [-0.1, -0.05) is 38.8 Å². The summed E-state index contributed by atoms with van der Waals surface area (Å²) < 4.78 is 0. The third-order valence-electron chi connectivity index (χ3n) is 7.41. The van der Waals surface area contributed by atoms with Gasteiger partial charge in [-0.15, -0.1) is 0 Å². The predicted octanol–water partition coefficient (Wildman–Crippen LogP) is 4.70. The van der Waals surface area contributed by atoms with Crippen molar-refractivity contribution in [3.05, 3.63) is 11.6 Å². The van der Waals surface area contributed by atoms with E-state index in [9.17, 15) is 5.11 Å². The molecule has 2 heteroatoms. The lowest BCUT2D eigenvalue weighted by Gasteiger charge is -2.61. The van der Waals surface area contributed by atoms with E-state index in [2.05, 4.69) is 34.6 Å². The fourth-order valence-corrected chi connectivity index (χ4v) is 5.32. The van der Waals surface area contributed by atoms with Crippen LogP contribution in [0.4, 0.5) is 0 Å². The van der Waals surface area contributed by atoms with Crippen molar-refractivity contribution in [3.63, 3.8) is 0 Å². The summed E-state index contributed by atoms with van der Waals surface area (Å²) in [6.45, 7) is 11.6. The molecule has 2 nitrogen and oxygen atoms in total. The van der Waals surface area contributed by atoms with Crippen LogP contribution in [0.5, 0.6) is 0 Å². The van der Waals surface area contributed by atoms with Gasteiger partial charge in [0.2, 0.25) is 0 Å². The van der Waals surface area contributed by atoms with Crippen molar-refractivity contribution in [2.45, 2.75) is 85.2 Å². The quantitative estimate of drug-likeness (QED) is 0.739. The molecule has 2 saturated carbocycles. The summed E-state index contributed by atoms with van der Waals surface area (Å²) in [6.07, 6.45) is 9.91. The number of aliphatic hydroxyl groups is 2. The molecule has 0 spiro atoms. The molecule has 128 valence electrons. The lowest BCUT2D eigenvalue weighted by Crippen LogP contribution is -2.57. The number of hydrogen-bond acceptors (Lipinski definition) is 2. The highest BCUT2D eigenvalue weighted by Gasteiger charge is 2.57. The van der Waals surface area contributed by atoms with Crippen molar-refractivity contribution in [1.29, 1.82) is 0 Å². The Hall–Kier alpha value is -0.340. The third-order valence-corrected chi connectivity index (χ3v) is 7.41. The van der Waals surface area contributed by atoms with E-state index in [-0.39, 0.29) is 6.61 Å². The maximum Gasteiger partial charge on any atom is 0.0651 e. The first-order chi connectivity index (χ1) is 10.1. The van der Waals surface area contributed by atoms with E-state index < -0.39 is 5.60 Å². The average molecular weight is 309 g/mol. The first-order valence-corrected chi connectivity index (χ1v) is 9.13. The van der Waals surface area contributed by atoms with Crippen LogP contribution in [0, 0.1) is 22.7 Å². The highest BCUT2D eigenvalue weighted by molar-refractivity contribution is 5.08. The zero-order valence-electron chi connectivity index (χ0n) is 15.3. The summed E-state index contributed by atoms with van der Waals surface area (Å²) in [6, 6.07) is 0. The van der Waals surface area contributed by atoms with Crippen LogP contribution < -0.4 is 0 Å². The minimum atomic E-state index is -0.531. The Bertz CT molecular complexity index is 421. The van der Waals surface area contributed by atoms with Crippen molar-refractivity contribution >= 4 is 0 Å². The van der Waals surface area contributed by atoms with Gasteiger partial charge >= 0.3 is 0 Å². The Morgan fingerprint density at radius 3 is 2.45 bits per heavy atom. The molecule has 0 saturated heterocycles. The molecule has 0 heterocycles. The molecule has 0 aromatic carbocycles. The lowest BCUT2D eigenvalue weighted by atomic mass is 9.44. The van der Waals surface area contributed by atoms with E-state index in [4.69, 9.17) is 5.11 Å². The van der Waals surface area contributed by atoms with Crippen LogP contribution in [0.3, 0.4) is 0 Å². The molecular weight excluding hydrogens is 272 g/mol. The SMILES string of the molecule is C/C(=C\CO)CC[C@@H]1[C@H]2CCCC(C)(C)[C@@]2(C)CC[C@@]1(C)O. The highest BCUT2D eigenvalue weighted by atomic mass is 16.3. The molecule has 0 amide bonds. The van der Waals surface area contributed by atoms with Crippen molar-refractivity contribution in [2.24, 2.45) is 22.7 Å². The van der Waals surface area contributed by atoms with Crippen molar-refractivity contribution in [3.8, 4) is 0 Å². The smallest absolute Gasteiger partial charge is 0.0651 e. The molecular formula is C20H36O2. The Balaban J connectivity index is 2.22. The second kappa shape index (κ2) is 6.28. The van der Waals surface area contributed by atoms with E-state index in [0.717, 1.165) is 25.7 Å². The Morgan fingerprint density at radius 1 is 1.14 bits per heavy atom. The predicted molar refractivity (Wildman–Crippen MR) is 92.7 cm³/mol. The molecule has 2 N–H and O–H groups in total. The van der Waals surface area contributed by atoms with Gasteiger partial charge in [0, 0.05) is 0 Å². The lowest BCUT2D eigenvalue weighted by molar-refractivity contribution is -0.166. The van der Waals surface area contributed by atoms with Gasteiger partial charge in [-0.25, -0.2) is 0 Å². The van der Waals surface area contributed by atoms with Gasteiger partial charge in [0.1, 0.15) is 0 Å². The van der Waals surface area contributed by atoms with Crippen molar-refractivity contribution in [2.75, 3.05) is 6.61 Å². The number of aliphatic hydroxyl groups excluding tert-OH is 1. The number of rotatable bonds is 4. The first-order valence-electron chi connectivity index (χ1n) is 9.13. The summed E-state index contributed by atoms with van der Waals surface area (Å²) in [5, 5.41) is 20.1. The van der Waals surface area contributed by atoms with Crippen LogP contribution in [0.2, 0.25) is 0 Å². The van der Waals surface area contributed by atoms with E-state index in [1.807, 2.05) is 6.08 Å². The fraction of sp³-hybridized carbons (Fsp3) is 0.900. The van der Waals surface area contributed by atoms with Crippen LogP contribution in [0.25, 0.3) is 0 Å². The summed E-state index contributed by atoms with van der Waals surface area (Å²) in [5.41, 5.74) is 1.45. The maximum absolute atomic E-state index is 11.0. The van der Waals surface area contributed by atoms with Crippen LogP contribution in [-0.4, -0.2) is 22.4 Å². The molecule has 2 fully saturated rings. The first kappa shape index (κ1) is 18.0. The molecule has 2 rings (SSSR count). The van der Waals surface area contributed by atoms with Crippen molar-refractivity contribution < 1.29 is 10.2 Å². The minimum Gasteiger partial charge on any atom is -0.392 e. The highest BCUT2D eigenvalue weighted by Crippen LogP contribution is 2.63. The van der Waals surface area contributed by atoms with Gasteiger partial charge in [-0.05, 0) is 75.0 Å². The van der Waals surface area contributed by atoms with Crippen LogP contribution >= 0.6 is 0 Å². The maximum atomic E-state index is 11.0. The second-order valence-corrected chi connectivity index (χ2v) is 9.04. The molecule has 0 aliphatic heterocycles. The number of hydrogen-bond donors (Lipinski definition) is 2. The standard InChI is InChI=1S/C20H36O2/c1-15(10-14-21)8-9-17-16-7-6-11-18(2,3)19(16,4)12-13-20(17,5)22/h10,16-17,21-22H,6-9,11-14H2,1-5H3/b15-10+/t16-,17-,19+,20-/m1/s1. The Labute approximate surface area is 137 Å². The molecule has 2 aliphatic carbocycles. The topological polar surface area (TPSA) is 40.5 Å². The zero-order valence-corrected chi connectivity index (χ0v) is 15.3. The minimum absolute atomic E-state index is 0.126. The van der Waals surface area contributed by atoms with Gasteiger partial charge in [-0.2, -0.15) is 0 Å². The van der Waals surface area contributed by atoms with E-state index in [1.165, 1.54) is 24.8 Å². The van der Waals surface area contributed by atoms with E-state index in [0.29, 0.717) is 22.7 Å². The summed E-state index contributed by atoms with van der Waals surface area (Å²) in [4.78, 5) is 0. The number of allylic oxidation sites excluding steroid dienone is 1. The Kier molecular flexibility index (Phi) is 5.14. The number of fused-ring (bicyclic) bond motifs is 1. The van der Waals surface area contributed by atoms with Crippen LogP contribution in [0.1, 0.15) is 79.6 Å². The second-order valence-electron chi connectivity index (χ2n) is 9.04. The summed E-state index contributed by atoms with van der Waals surface area (Å²) >= 11 is 0. The van der Waals surface area contributed by atoms with Gasteiger partial charge in [0.15, 0.2) is 0 Å². The van der Waals surface area contributed by atoms with Crippen LogP contribution in [0.15, 0.2) is 11.6 Å². The molecule has 0 aromatic rings. The van der Waals surface area contributed by atoms with E-state index in [1.54, 1.807) is 0 Å². The zero-order chi connectivity index (χ0) is 16.6. The van der Waals surface area contributed by atoms with Gasteiger partial charge in [-0.3, -0.25) is 0 Å². The monoisotopic (exact) mass is 308 g/mol. The molecule has 0 bridgehead atoms. The normalized spacial score (nSPS) is 42.0. The molecule has 0 radical (unpaired) electrons. The largest absolute Gasteiger partial charge is 0.392 e. The summed E-state index contributed by atoms with van der Waals surface area (Å²) in [5.74, 6) is 1.01. The molecule has 0 unspecified atom stereocenters. The van der Waals surface area contributed by atoms with E-state index >= 15 is 0 Å². The van der Waals surface area contributed by atoms with Gasteiger partial charge in [0.25, 0.3) is 0 Å². The third kappa shape index (κ3) is 3.14. The average Bonchev–Trinajstić information content (AvgIpc) is 2.40. The molecule has 2 aliphatic rings. The molecule has 4 atom stereocenters. The van der Waals surface area contributed by atoms with Crippen molar-refractivity contribution in [1.82, 2.24) is 0 Å². The Morgan fingerprint density at radius 2 is 1.82 bits per heavy atom.